The van der Waals surface area contributed by atoms with Crippen LogP contribution in [-0.2, 0) is 101 Å². The van der Waals surface area contributed by atoms with E-state index in [4.69, 9.17) is 3.32 Å². The fraction of sp³-hybridized carbons (Fsp3) is 0. The molecule has 0 aromatic rings. The zero-order valence-electron chi connectivity index (χ0n) is 2.38. The van der Waals surface area contributed by atoms with E-state index in [1.165, 1.54) is 0 Å². The Morgan fingerprint density at radius 1 is 1.20 bits per heavy atom. The van der Waals surface area contributed by atoms with E-state index in [2.05, 4.69) is 0 Å². The molecule has 0 unspecified atom stereocenters. The van der Waals surface area contributed by atoms with Gasteiger partial charge in [-0.15, -0.1) is 0 Å². The molecule has 0 rings (SSSR count). The van der Waals surface area contributed by atoms with Crippen molar-refractivity contribution in [1.82, 2.24) is 0 Å². The van der Waals surface area contributed by atoms with E-state index in [-0.39, 0.29) is 77.5 Å². The molecule has 5 heavy (non-hydrogen) atoms. The number of hydrogen-bond acceptors (Lipinski definition) is 1. The topological polar surface area (TPSA) is 17.1 Å². The van der Waals surface area contributed by atoms with Crippen molar-refractivity contribution in [3.05, 3.63) is 0 Å². The van der Waals surface area contributed by atoms with Crippen molar-refractivity contribution in [2.24, 2.45) is 0 Å². The van der Waals surface area contributed by atoms with Crippen LogP contribution in [0, 0.1) is 0 Å². The fourth-order valence-corrected chi connectivity index (χ4v) is 0. The van der Waals surface area contributed by atoms with Gasteiger partial charge in [-0.2, -0.15) is 0 Å². The van der Waals surface area contributed by atoms with Gasteiger partial charge in [0.25, 0.3) is 0 Å². The molecule has 1 nitrogen and oxygen atoms in total. The minimum Gasteiger partial charge on any atom is 0 e. The van der Waals surface area contributed by atoms with E-state index >= 15 is 0 Å². The van der Waals surface area contributed by atoms with Gasteiger partial charge in [-0.05, 0) is 0 Å². The van der Waals surface area contributed by atoms with Crippen LogP contribution < -0.4 is 0 Å². The van der Waals surface area contributed by atoms with Crippen LogP contribution in [0.25, 0.3) is 0 Å². The van der Waals surface area contributed by atoms with Gasteiger partial charge in [0.2, 0.25) is 0 Å². The van der Waals surface area contributed by atoms with E-state index in [0.29, 0.717) is 0 Å². The fourth-order valence-electron chi connectivity index (χ4n) is 0. The minimum atomic E-state index is 0. The van der Waals surface area contributed by atoms with Gasteiger partial charge in [-0.25, -0.2) is 0 Å². The maximum atomic E-state index is 8.25. The third-order valence-electron chi connectivity index (χ3n) is 0. The average molecular weight is 427 g/mol. The average Bonchev–Trinajstić information content (AvgIpc) is 1.00. The summed E-state index contributed by atoms with van der Waals surface area (Å²) < 4.78 is 8.25. The van der Waals surface area contributed by atoms with E-state index in [1.54, 1.807) is 0 Å². The summed E-state index contributed by atoms with van der Waals surface area (Å²) in [5, 5.41) is 0. The second-order valence-corrected chi connectivity index (χ2v) is 0. The van der Waals surface area contributed by atoms with Crippen molar-refractivity contribution < 1.29 is 101 Å². The third-order valence-corrected chi connectivity index (χ3v) is 0. The largest absolute Gasteiger partial charge is 0 e. The molecule has 0 atom stereocenters. The van der Waals surface area contributed by atoms with Gasteiger partial charge in [0, 0.05) is 77.5 Å². The first-order valence-corrected chi connectivity index (χ1v) is 0.842. The molecule has 0 aromatic carbocycles. The standard InChI is InChI=1S/Nb.O.Ta.Ti.Y. The van der Waals surface area contributed by atoms with Crippen LogP contribution in [0.4, 0.5) is 0 Å². The summed E-state index contributed by atoms with van der Waals surface area (Å²) in [6.45, 7) is 0. The van der Waals surface area contributed by atoms with Crippen LogP contribution in [-0.4, -0.2) is 0 Å². The molecule has 0 N–H and O–H groups in total. The number of rotatable bonds is 0. The van der Waals surface area contributed by atoms with Gasteiger partial charge in [-0.1, -0.05) is 0 Å². The van der Waals surface area contributed by atoms with E-state index < -0.39 is 0 Å². The predicted octanol–water partition coefficient (Wildman–Crippen LogP) is -0.129. The molecule has 5 heteroatoms. The Morgan fingerprint density at radius 3 is 1.20 bits per heavy atom. The van der Waals surface area contributed by atoms with Crippen molar-refractivity contribution >= 4 is 0 Å². The Kier molecular flexibility index (Phi) is 134. The summed E-state index contributed by atoms with van der Waals surface area (Å²) in [7, 11) is 0. The maximum absolute atomic E-state index is 8.25. The molecule has 23 valence electrons. The van der Waals surface area contributed by atoms with Gasteiger partial charge < -0.3 is 0 Å². The second-order valence-electron chi connectivity index (χ2n) is 0. The summed E-state index contributed by atoms with van der Waals surface area (Å²) in [6.07, 6.45) is 0. The van der Waals surface area contributed by atoms with E-state index in [0.717, 1.165) is 20.4 Å². The van der Waals surface area contributed by atoms with Crippen LogP contribution in [0.2, 0.25) is 0 Å². The summed E-state index contributed by atoms with van der Waals surface area (Å²) in [6, 6.07) is 0. The summed E-state index contributed by atoms with van der Waals surface area (Å²) >= 11 is 0.750. The molecule has 0 aliphatic carbocycles. The van der Waals surface area contributed by atoms with Gasteiger partial charge in [0.05, 0.1) is 0 Å². The first-order valence-electron chi connectivity index (χ1n) is 0.204. The molecule has 0 spiro atoms. The molecule has 0 amide bonds. The van der Waals surface area contributed by atoms with Gasteiger partial charge >= 0.3 is 23.7 Å². The quantitative estimate of drug-likeness (QED) is 0.494. The Labute approximate surface area is 99.0 Å². The van der Waals surface area contributed by atoms with Crippen molar-refractivity contribution in [1.29, 1.82) is 0 Å². The molecule has 0 saturated heterocycles. The summed E-state index contributed by atoms with van der Waals surface area (Å²) in [4.78, 5) is 0. The monoisotopic (exact) mass is 427 g/mol. The SMILES string of the molecule is [Nb].[O]=[Ti].[Ta].[Y]. The van der Waals surface area contributed by atoms with E-state index in [9.17, 15) is 0 Å². The maximum Gasteiger partial charge on any atom is 0 e. The van der Waals surface area contributed by atoms with Crippen molar-refractivity contribution in [3.63, 3.8) is 0 Å². The van der Waals surface area contributed by atoms with Gasteiger partial charge in [0.1, 0.15) is 0 Å². The van der Waals surface area contributed by atoms with Crippen molar-refractivity contribution in [3.8, 4) is 0 Å². The summed E-state index contributed by atoms with van der Waals surface area (Å²) in [5.74, 6) is 0. The molecule has 0 bridgehead atoms. The zero-order chi connectivity index (χ0) is 2.00. The van der Waals surface area contributed by atoms with Crippen molar-refractivity contribution in [2.45, 2.75) is 0 Å². The molecule has 0 aliphatic heterocycles. The molecular formula is NbOTaTiY. The normalized spacial score (nSPS) is 0.600. The molecule has 0 saturated carbocycles. The predicted molar refractivity (Wildman–Crippen MR) is 0.686 cm³/mol. The Balaban J connectivity index is -0.00000000167. The first-order chi connectivity index (χ1) is 1.00. The Morgan fingerprint density at radius 2 is 1.20 bits per heavy atom. The van der Waals surface area contributed by atoms with Crippen molar-refractivity contribution in [2.75, 3.05) is 0 Å². The minimum absolute atomic E-state index is 0. The molecular weight excluding hydrogens is 427 g/mol. The second kappa shape index (κ2) is 27.5. The van der Waals surface area contributed by atoms with Crippen LogP contribution >= 0.6 is 0 Å². The molecule has 0 heterocycles. The molecule has 0 aliphatic rings. The molecule has 0 fully saturated rings. The van der Waals surface area contributed by atoms with Crippen LogP contribution in [0.5, 0.6) is 0 Å². The molecule has 0 aromatic heterocycles. The van der Waals surface area contributed by atoms with Gasteiger partial charge in [0.15, 0.2) is 0 Å². The zero-order valence-corrected chi connectivity index (χ0v) is 12.2. The van der Waals surface area contributed by atoms with E-state index in [1.807, 2.05) is 0 Å². The van der Waals surface area contributed by atoms with Crippen LogP contribution in [0.3, 0.4) is 0 Å². The van der Waals surface area contributed by atoms with Crippen LogP contribution in [0.1, 0.15) is 0 Å². The Bertz CT molecular complexity index is 11.6. The molecule has 3 radical (unpaired) electrons. The smallest absolute Gasteiger partial charge is 0 e. The van der Waals surface area contributed by atoms with Gasteiger partial charge in [-0.3, -0.25) is 0 Å². The summed E-state index contributed by atoms with van der Waals surface area (Å²) in [5.41, 5.74) is 0. The Hall–Kier alpha value is 3.10. The van der Waals surface area contributed by atoms with Crippen LogP contribution in [0.15, 0.2) is 0 Å². The first kappa shape index (κ1) is 24.3. The third kappa shape index (κ3) is 19.2. The number of hydrogen-bond donors (Lipinski definition) is 0.